The molecule has 0 saturated heterocycles. The van der Waals surface area contributed by atoms with Gasteiger partial charge in [-0.05, 0) is 43.3 Å². The van der Waals surface area contributed by atoms with Gasteiger partial charge in [0.2, 0.25) is 0 Å². The highest BCUT2D eigenvalue weighted by Gasteiger charge is 2.13. The molecule has 2 rings (SSSR count). The number of likely N-dealkylation sites (N-methyl/N-ethyl adjacent to an activating group) is 1. The lowest BCUT2D eigenvalue weighted by Gasteiger charge is -2.19. The monoisotopic (exact) mass is 357 g/mol. The molecule has 0 N–H and O–H groups in total. The van der Waals surface area contributed by atoms with E-state index in [4.69, 9.17) is 14.2 Å². The van der Waals surface area contributed by atoms with Gasteiger partial charge in [0.25, 0.3) is 5.91 Å². The van der Waals surface area contributed by atoms with Gasteiger partial charge in [-0.3, -0.25) is 9.59 Å². The van der Waals surface area contributed by atoms with Crippen LogP contribution in [0.15, 0.2) is 42.5 Å². The molecule has 0 unspecified atom stereocenters. The number of nitrogens with zero attached hydrogens (tertiary/aromatic N) is 1. The van der Waals surface area contributed by atoms with Gasteiger partial charge in [-0.1, -0.05) is 0 Å². The number of hydrogen-bond acceptors (Lipinski definition) is 5. The second-order valence-corrected chi connectivity index (χ2v) is 5.80. The van der Waals surface area contributed by atoms with Crippen LogP contribution in [0.4, 0.5) is 0 Å². The number of amides is 1. The molecule has 0 aromatic heterocycles. The van der Waals surface area contributed by atoms with E-state index in [2.05, 4.69) is 0 Å². The van der Waals surface area contributed by atoms with Crippen LogP contribution in [-0.2, 0) is 11.3 Å². The molecule has 0 spiro atoms. The molecule has 6 heteroatoms. The molecule has 2 aromatic carbocycles. The molecule has 1 amide bonds. The van der Waals surface area contributed by atoms with E-state index in [1.54, 1.807) is 56.5 Å². The SMILES string of the molecule is COc1ccc(CN(C)C(=O)COc2ccc(C(C)=O)cc2)c(OC)c1. The van der Waals surface area contributed by atoms with Crippen molar-refractivity contribution in [3.63, 3.8) is 0 Å². The number of methoxy groups -OCH3 is 2. The molecule has 2 aromatic rings. The Hall–Kier alpha value is -3.02. The minimum Gasteiger partial charge on any atom is -0.497 e. The van der Waals surface area contributed by atoms with Crippen molar-refractivity contribution >= 4 is 11.7 Å². The van der Waals surface area contributed by atoms with Crippen LogP contribution in [0.2, 0.25) is 0 Å². The fraction of sp³-hybridized carbons (Fsp3) is 0.300. The van der Waals surface area contributed by atoms with Crippen molar-refractivity contribution in [3.05, 3.63) is 53.6 Å². The smallest absolute Gasteiger partial charge is 0.260 e. The summed E-state index contributed by atoms with van der Waals surface area (Å²) in [6.07, 6.45) is 0. The van der Waals surface area contributed by atoms with Gasteiger partial charge in [-0.25, -0.2) is 0 Å². The first-order valence-electron chi connectivity index (χ1n) is 8.13. The lowest BCUT2D eigenvalue weighted by molar-refractivity contribution is -0.132. The van der Waals surface area contributed by atoms with E-state index in [0.29, 0.717) is 29.4 Å². The van der Waals surface area contributed by atoms with Gasteiger partial charge >= 0.3 is 0 Å². The zero-order valence-corrected chi connectivity index (χ0v) is 15.4. The van der Waals surface area contributed by atoms with Crippen LogP contribution in [0.1, 0.15) is 22.8 Å². The largest absolute Gasteiger partial charge is 0.497 e. The van der Waals surface area contributed by atoms with Gasteiger partial charge < -0.3 is 19.1 Å². The summed E-state index contributed by atoms with van der Waals surface area (Å²) in [5.74, 6) is 1.71. The van der Waals surface area contributed by atoms with Crippen LogP contribution in [0.25, 0.3) is 0 Å². The highest BCUT2D eigenvalue weighted by Crippen LogP contribution is 2.25. The highest BCUT2D eigenvalue weighted by atomic mass is 16.5. The Kier molecular flexibility index (Phi) is 6.60. The minimum absolute atomic E-state index is 0.0131. The third-order valence-corrected chi connectivity index (χ3v) is 3.95. The summed E-state index contributed by atoms with van der Waals surface area (Å²) < 4.78 is 16.0. The normalized spacial score (nSPS) is 10.2. The molecule has 0 radical (unpaired) electrons. The predicted molar refractivity (Wildman–Crippen MR) is 98.0 cm³/mol. The zero-order valence-electron chi connectivity index (χ0n) is 15.4. The van der Waals surface area contributed by atoms with Crippen molar-refractivity contribution in [2.75, 3.05) is 27.9 Å². The van der Waals surface area contributed by atoms with Crippen LogP contribution in [0, 0.1) is 0 Å². The Morgan fingerprint density at radius 3 is 2.19 bits per heavy atom. The highest BCUT2D eigenvalue weighted by molar-refractivity contribution is 5.94. The second-order valence-electron chi connectivity index (χ2n) is 5.80. The van der Waals surface area contributed by atoms with Crippen LogP contribution in [0.5, 0.6) is 17.2 Å². The molecule has 0 heterocycles. The molecule has 26 heavy (non-hydrogen) atoms. The van der Waals surface area contributed by atoms with Crippen molar-refractivity contribution in [2.45, 2.75) is 13.5 Å². The number of carbonyl (C=O) groups excluding carboxylic acids is 2. The fourth-order valence-corrected chi connectivity index (χ4v) is 2.37. The first kappa shape index (κ1) is 19.3. The van der Waals surface area contributed by atoms with Crippen molar-refractivity contribution in [3.8, 4) is 17.2 Å². The fourth-order valence-electron chi connectivity index (χ4n) is 2.37. The maximum absolute atomic E-state index is 12.3. The third-order valence-electron chi connectivity index (χ3n) is 3.95. The van der Waals surface area contributed by atoms with Crippen LogP contribution >= 0.6 is 0 Å². The van der Waals surface area contributed by atoms with Crippen molar-refractivity contribution in [2.24, 2.45) is 0 Å². The molecule has 0 bridgehead atoms. The predicted octanol–water partition coefficient (Wildman–Crippen LogP) is 2.94. The van der Waals surface area contributed by atoms with E-state index in [0.717, 1.165) is 5.56 Å². The number of Topliss-reactive ketones (excluding diaryl/α,β-unsaturated/α-hetero) is 1. The Bertz CT molecular complexity index is 770. The Morgan fingerprint density at radius 1 is 0.962 bits per heavy atom. The molecule has 138 valence electrons. The summed E-state index contributed by atoms with van der Waals surface area (Å²) in [4.78, 5) is 25.1. The Balaban J connectivity index is 1.94. The van der Waals surface area contributed by atoms with Crippen LogP contribution < -0.4 is 14.2 Å². The maximum atomic E-state index is 12.3. The number of hydrogen-bond donors (Lipinski definition) is 0. The third kappa shape index (κ3) is 4.99. The van der Waals surface area contributed by atoms with E-state index < -0.39 is 0 Å². The van der Waals surface area contributed by atoms with Crippen molar-refractivity contribution in [1.29, 1.82) is 0 Å². The van der Waals surface area contributed by atoms with Gasteiger partial charge in [0.15, 0.2) is 12.4 Å². The summed E-state index contributed by atoms with van der Waals surface area (Å²) in [5, 5.41) is 0. The summed E-state index contributed by atoms with van der Waals surface area (Å²) in [7, 11) is 4.87. The van der Waals surface area contributed by atoms with E-state index in [1.807, 2.05) is 12.1 Å². The first-order valence-corrected chi connectivity index (χ1v) is 8.13. The van der Waals surface area contributed by atoms with Gasteiger partial charge in [0.1, 0.15) is 17.2 Å². The van der Waals surface area contributed by atoms with Gasteiger partial charge in [-0.2, -0.15) is 0 Å². The summed E-state index contributed by atoms with van der Waals surface area (Å²) in [5.41, 5.74) is 1.47. The average molecular weight is 357 g/mol. The van der Waals surface area contributed by atoms with Crippen LogP contribution in [0.3, 0.4) is 0 Å². The molecule has 0 fully saturated rings. The van der Waals surface area contributed by atoms with Gasteiger partial charge in [-0.15, -0.1) is 0 Å². The molecule has 6 nitrogen and oxygen atoms in total. The molecule has 0 atom stereocenters. The number of ether oxygens (including phenoxy) is 3. The average Bonchev–Trinajstić information content (AvgIpc) is 2.66. The van der Waals surface area contributed by atoms with E-state index >= 15 is 0 Å². The summed E-state index contributed by atoms with van der Waals surface area (Å²) in [6.45, 7) is 1.80. The van der Waals surface area contributed by atoms with Gasteiger partial charge in [0, 0.05) is 30.8 Å². The quantitative estimate of drug-likeness (QED) is 0.680. The number of carbonyl (C=O) groups is 2. The second kappa shape index (κ2) is 8.89. The van der Waals surface area contributed by atoms with E-state index in [-0.39, 0.29) is 18.3 Å². The van der Waals surface area contributed by atoms with E-state index in [9.17, 15) is 9.59 Å². The molecular formula is C20H23NO5. The molecule has 0 aliphatic carbocycles. The standard InChI is InChI=1S/C20H23NO5/c1-14(22)15-5-8-17(9-6-15)26-13-20(23)21(2)12-16-7-10-18(24-3)11-19(16)25-4/h5-11H,12-13H2,1-4H3. The number of benzene rings is 2. The lowest BCUT2D eigenvalue weighted by atomic mass is 10.1. The van der Waals surface area contributed by atoms with E-state index in [1.165, 1.54) is 6.92 Å². The minimum atomic E-state index is -0.168. The van der Waals surface area contributed by atoms with Crippen LogP contribution in [-0.4, -0.2) is 44.5 Å². The Morgan fingerprint density at radius 2 is 1.62 bits per heavy atom. The molecule has 0 aliphatic rings. The number of rotatable bonds is 8. The first-order chi connectivity index (χ1) is 12.4. The molecule has 0 aliphatic heterocycles. The molecular weight excluding hydrogens is 334 g/mol. The van der Waals surface area contributed by atoms with Crippen molar-refractivity contribution in [1.82, 2.24) is 4.90 Å². The number of ketones is 1. The Labute approximate surface area is 153 Å². The van der Waals surface area contributed by atoms with Crippen molar-refractivity contribution < 1.29 is 23.8 Å². The zero-order chi connectivity index (χ0) is 19.1. The maximum Gasteiger partial charge on any atom is 0.260 e. The topological polar surface area (TPSA) is 65.1 Å². The summed E-state index contributed by atoms with van der Waals surface area (Å²) in [6, 6.07) is 12.2. The molecule has 0 saturated carbocycles. The summed E-state index contributed by atoms with van der Waals surface area (Å²) >= 11 is 0. The van der Waals surface area contributed by atoms with Gasteiger partial charge in [0.05, 0.1) is 14.2 Å². The lowest BCUT2D eigenvalue weighted by Crippen LogP contribution is -2.31.